The maximum Gasteiger partial charge on any atom is 0.433 e. The zero-order valence-corrected chi connectivity index (χ0v) is 11.3. The Hall–Kier alpha value is -2.26. The lowest BCUT2D eigenvalue weighted by molar-refractivity contribution is -0.164. The summed E-state index contributed by atoms with van der Waals surface area (Å²) in [6, 6.07) is 3.14. The molecule has 0 saturated heterocycles. The minimum Gasteiger partial charge on any atom is -0.251 e. The van der Waals surface area contributed by atoms with Crippen LogP contribution in [0.3, 0.4) is 0 Å². The number of rotatable bonds is 1. The van der Waals surface area contributed by atoms with Gasteiger partial charge in [0.1, 0.15) is 0 Å². The van der Waals surface area contributed by atoms with Gasteiger partial charge in [0.15, 0.2) is 5.69 Å². The van der Waals surface area contributed by atoms with Crippen molar-refractivity contribution >= 4 is 0 Å². The Balaban J connectivity index is 2.53. The van der Waals surface area contributed by atoms with Crippen LogP contribution < -0.4 is 0 Å². The van der Waals surface area contributed by atoms with Crippen molar-refractivity contribution in [3.8, 4) is 11.1 Å². The summed E-state index contributed by atoms with van der Waals surface area (Å²) in [6.45, 7) is 0. The molecule has 1 heterocycles. The van der Waals surface area contributed by atoms with Gasteiger partial charge in [-0.05, 0) is 23.8 Å². The number of nitrogens with zero attached hydrogens (tertiary/aromatic N) is 1. The Kier molecular flexibility index (Phi) is 4.28. The second-order valence-corrected chi connectivity index (χ2v) is 4.69. The number of aromatic nitrogens is 1. The van der Waals surface area contributed by atoms with Gasteiger partial charge in [-0.25, -0.2) is 0 Å². The molecule has 0 aliphatic carbocycles. The van der Waals surface area contributed by atoms with Crippen molar-refractivity contribution in [3.63, 3.8) is 0 Å². The van der Waals surface area contributed by atoms with Gasteiger partial charge >= 0.3 is 18.5 Å². The molecule has 1 nitrogen and oxygen atoms in total. The van der Waals surface area contributed by atoms with Gasteiger partial charge < -0.3 is 0 Å². The lowest BCUT2D eigenvalue weighted by atomic mass is 10.0. The van der Waals surface area contributed by atoms with Gasteiger partial charge in [0.05, 0.1) is 11.1 Å². The molecule has 10 heteroatoms. The molecule has 0 N–H and O–H groups in total. The summed E-state index contributed by atoms with van der Waals surface area (Å²) in [5.74, 6) is 0. The van der Waals surface area contributed by atoms with E-state index < -0.39 is 35.3 Å². The van der Waals surface area contributed by atoms with Crippen LogP contribution in [-0.2, 0) is 18.5 Å². The second-order valence-electron chi connectivity index (χ2n) is 4.69. The van der Waals surface area contributed by atoms with Gasteiger partial charge in [0, 0.05) is 11.8 Å². The van der Waals surface area contributed by atoms with Gasteiger partial charge in [-0.2, -0.15) is 39.5 Å². The first kappa shape index (κ1) is 18.1. The molecule has 0 bridgehead atoms. The van der Waals surface area contributed by atoms with Crippen molar-refractivity contribution in [2.24, 2.45) is 0 Å². The largest absolute Gasteiger partial charge is 0.433 e. The molecule has 2 rings (SSSR count). The molecule has 0 fully saturated rings. The van der Waals surface area contributed by atoms with Gasteiger partial charge in [0.25, 0.3) is 0 Å². The Morgan fingerprint density at radius 2 is 1.17 bits per heavy atom. The van der Waals surface area contributed by atoms with E-state index >= 15 is 0 Å². The van der Waals surface area contributed by atoms with Crippen molar-refractivity contribution in [3.05, 3.63) is 53.3 Å². The number of hydrogen-bond donors (Lipinski definition) is 0. The van der Waals surface area contributed by atoms with Gasteiger partial charge in [-0.3, -0.25) is 4.98 Å². The van der Waals surface area contributed by atoms with Crippen LogP contribution in [0.2, 0.25) is 0 Å². The molecule has 130 valence electrons. The maximum atomic E-state index is 12.8. The molecule has 0 radical (unpaired) electrons. The molecular weight excluding hydrogens is 353 g/mol. The molecule has 0 spiro atoms. The van der Waals surface area contributed by atoms with E-state index in [0.717, 1.165) is 12.1 Å². The summed E-state index contributed by atoms with van der Waals surface area (Å²) < 4.78 is 114. The van der Waals surface area contributed by atoms with Crippen molar-refractivity contribution in [1.29, 1.82) is 0 Å². The van der Waals surface area contributed by atoms with Crippen LogP contribution in [0.5, 0.6) is 0 Å². The normalized spacial score (nSPS) is 13.2. The third-order valence-electron chi connectivity index (χ3n) is 3.01. The van der Waals surface area contributed by atoms with Crippen LogP contribution in [0.1, 0.15) is 16.8 Å². The molecule has 2 aromatic rings. The van der Waals surface area contributed by atoms with Crippen molar-refractivity contribution in [1.82, 2.24) is 4.98 Å². The second kappa shape index (κ2) is 5.67. The standard InChI is InChI=1S/C14H6F9N/c15-12(16,17)9-3-1-7(2-4-9)8-5-10(13(18,19)20)11(24-6-8)14(21,22)23/h1-6H. The number of benzene rings is 1. The highest BCUT2D eigenvalue weighted by Gasteiger charge is 2.44. The van der Waals surface area contributed by atoms with Crippen LogP contribution in [0.4, 0.5) is 39.5 Å². The molecule has 0 aliphatic heterocycles. The molecular formula is C14H6F9N. The number of hydrogen-bond acceptors (Lipinski definition) is 1. The first-order valence-electron chi connectivity index (χ1n) is 6.12. The van der Waals surface area contributed by atoms with E-state index in [9.17, 15) is 39.5 Å². The highest BCUT2D eigenvalue weighted by molar-refractivity contribution is 5.64. The average Bonchev–Trinajstić information content (AvgIpc) is 2.44. The van der Waals surface area contributed by atoms with Crippen molar-refractivity contribution < 1.29 is 39.5 Å². The lowest BCUT2D eigenvalue weighted by Gasteiger charge is -2.15. The van der Waals surface area contributed by atoms with E-state index in [2.05, 4.69) is 4.98 Å². The zero-order chi connectivity index (χ0) is 18.3. The number of halogens is 9. The summed E-state index contributed by atoms with van der Waals surface area (Å²) >= 11 is 0. The summed E-state index contributed by atoms with van der Waals surface area (Å²) in [5.41, 5.74) is -5.67. The highest BCUT2D eigenvalue weighted by Crippen LogP contribution is 2.40. The van der Waals surface area contributed by atoms with Crippen LogP contribution in [-0.4, -0.2) is 4.98 Å². The van der Waals surface area contributed by atoms with Crippen LogP contribution in [0, 0.1) is 0 Å². The molecule has 24 heavy (non-hydrogen) atoms. The van der Waals surface area contributed by atoms with E-state index in [-0.39, 0.29) is 17.2 Å². The van der Waals surface area contributed by atoms with Crippen LogP contribution in [0.15, 0.2) is 36.5 Å². The van der Waals surface area contributed by atoms with E-state index in [1.54, 1.807) is 0 Å². The quantitative estimate of drug-likeness (QED) is 0.586. The van der Waals surface area contributed by atoms with Gasteiger partial charge in [-0.15, -0.1) is 0 Å². The molecule has 0 unspecified atom stereocenters. The third-order valence-corrected chi connectivity index (χ3v) is 3.01. The predicted molar refractivity (Wildman–Crippen MR) is 64.7 cm³/mol. The summed E-state index contributed by atoms with van der Waals surface area (Å²) in [5, 5.41) is 0. The van der Waals surface area contributed by atoms with Crippen molar-refractivity contribution in [2.75, 3.05) is 0 Å². The number of alkyl halides is 9. The minimum absolute atomic E-state index is 0.130. The van der Waals surface area contributed by atoms with Gasteiger partial charge in [-0.1, -0.05) is 12.1 Å². The van der Waals surface area contributed by atoms with E-state index in [4.69, 9.17) is 0 Å². The molecule has 0 saturated carbocycles. The van der Waals surface area contributed by atoms with E-state index in [1.165, 1.54) is 0 Å². The average molecular weight is 359 g/mol. The van der Waals surface area contributed by atoms with Gasteiger partial charge in [0.2, 0.25) is 0 Å². The smallest absolute Gasteiger partial charge is 0.251 e. The molecule has 1 aromatic heterocycles. The first-order chi connectivity index (χ1) is 10.8. The lowest BCUT2D eigenvalue weighted by Crippen LogP contribution is -2.18. The van der Waals surface area contributed by atoms with Crippen molar-refractivity contribution in [2.45, 2.75) is 18.5 Å². The highest BCUT2D eigenvalue weighted by atomic mass is 19.4. The fourth-order valence-corrected chi connectivity index (χ4v) is 1.92. The molecule has 1 aromatic carbocycles. The number of pyridine rings is 1. The Morgan fingerprint density at radius 3 is 1.58 bits per heavy atom. The Morgan fingerprint density at radius 1 is 0.625 bits per heavy atom. The predicted octanol–water partition coefficient (Wildman–Crippen LogP) is 5.81. The molecule has 0 atom stereocenters. The van der Waals surface area contributed by atoms with E-state index in [0.29, 0.717) is 18.3 Å². The fourth-order valence-electron chi connectivity index (χ4n) is 1.92. The SMILES string of the molecule is FC(F)(F)c1ccc(-c2cnc(C(F)(F)F)c(C(F)(F)F)c2)cc1. The maximum absolute atomic E-state index is 12.8. The molecule has 0 amide bonds. The molecule has 0 aliphatic rings. The Bertz CT molecular complexity index is 724. The third kappa shape index (κ3) is 3.80. The van der Waals surface area contributed by atoms with Crippen LogP contribution >= 0.6 is 0 Å². The monoisotopic (exact) mass is 359 g/mol. The summed E-state index contributed by atoms with van der Waals surface area (Å²) in [6.07, 6.45) is -14.8. The topological polar surface area (TPSA) is 12.9 Å². The summed E-state index contributed by atoms with van der Waals surface area (Å²) in [7, 11) is 0. The summed E-state index contributed by atoms with van der Waals surface area (Å²) in [4.78, 5) is 2.80. The fraction of sp³-hybridized carbons (Fsp3) is 0.214. The zero-order valence-electron chi connectivity index (χ0n) is 11.3. The minimum atomic E-state index is -5.32. The Labute approximate surface area is 128 Å². The first-order valence-corrected chi connectivity index (χ1v) is 6.12. The van der Waals surface area contributed by atoms with Crippen LogP contribution in [0.25, 0.3) is 11.1 Å². The van der Waals surface area contributed by atoms with E-state index in [1.807, 2.05) is 0 Å².